The highest BCUT2D eigenvalue weighted by Gasteiger charge is 1.94. The fraction of sp³-hybridized carbons (Fsp3) is 1.00. The molecule has 0 aliphatic carbocycles. The molecule has 0 rings (SSSR count). The Labute approximate surface area is 136 Å². The highest BCUT2D eigenvalue weighted by atomic mass is 31.1. The molecule has 0 aromatic carbocycles. The summed E-state index contributed by atoms with van der Waals surface area (Å²) in [5.74, 6) is 0. The Hall–Kier alpha value is 0.390. The van der Waals surface area contributed by atoms with Crippen molar-refractivity contribution in [3.05, 3.63) is 0 Å². The summed E-state index contributed by atoms with van der Waals surface area (Å²) in [6, 6.07) is 0. The van der Waals surface area contributed by atoms with Crippen LogP contribution in [0.5, 0.6) is 0 Å². The van der Waals surface area contributed by atoms with Crippen LogP contribution in [-0.4, -0.2) is 13.3 Å². The predicted molar refractivity (Wildman–Crippen MR) is 99.7 cm³/mol. The zero-order valence-electron chi connectivity index (χ0n) is 14.9. The molecule has 0 radical (unpaired) electrons. The Morgan fingerprint density at radius 2 is 0.857 bits per heavy atom. The number of rotatable bonds is 18. The summed E-state index contributed by atoms with van der Waals surface area (Å²) in [6.45, 7) is 5.38. The second kappa shape index (κ2) is 20.4. The van der Waals surface area contributed by atoms with Crippen molar-refractivity contribution in [2.75, 3.05) is 13.3 Å². The molecule has 0 aliphatic heterocycles. The number of hydrogen-bond donors (Lipinski definition) is 0. The van der Waals surface area contributed by atoms with Crippen molar-refractivity contribution in [2.24, 2.45) is 0 Å². The molecule has 1 nitrogen and oxygen atoms in total. The first kappa shape index (κ1) is 21.4. The van der Waals surface area contributed by atoms with E-state index < -0.39 is 0 Å². The van der Waals surface area contributed by atoms with Crippen LogP contribution in [0.25, 0.3) is 0 Å². The summed E-state index contributed by atoms with van der Waals surface area (Å²) in [7, 11) is 0.669. The molecule has 0 heterocycles. The first-order valence-corrected chi connectivity index (χ1v) is 11.1. The van der Waals surface area contributed by atoms with Gasteiger partial charge in [-0.3, -0.25) is 0 Å². The highest BCUT2D eigenvalue weighted by Crippen LogP contribution is 2.14. The molecular formula is C19H41OP. The summed E-state index contributed by atoms with van der Waals surface area (Å²) in [5.41, 5.74) is 0. The third-order valence-corrected chi connectivity index (χ3v) is 4.74. The van der Waals surface area contributed by atoms with E-state index >= 15 is 0 Å². The monoisotopic (exact) mass is 316 g/mol. The second-order valence-corrected chi connectivity index (χ2v) is 7.05. The van der Waals surface area contributed by atoms with Crippen LogP contribution in [-0.2, 0) is 4.52 Å². The lowest BCUT2D eigenvalue weighted by atomic mass is 10.0. The van der Waals surface area contributed by atoms with Gasteiger partial charge in [0.2, 0.25) is 0 Å². The van der Waals surface area contributed by atoms with Crippen LogP contribution in [0.4, 0.5) is 0 Å². The quantitative estimate of drug-likeness (QED) is 0.188. The molecule has 0 amide bonds. The lowest BCUT2D eigenvalue weighted by Gasteiger charge is -2.03. The van der Waals surface area contributed by atoms with Crippen LogP contribution in [0.15, 0.2) is 0 Å². The SMILES string of the molecule is CCCCCCCCCCCCCCCCCCOPC. The third kappa shape index (κ3) is 20.4. The molecular weight excluding hydrogens is 275 g/mol. The van der Waals surface area contributed by atoms with E-state index in [0.29, 0.717) is 8.81 Å². The van der Waals surface area contributed by atoms with E-state index in [0.717, 1.165) is 6.61 Å². The normalized spacial score (nSPS) is 11.7. The van der Waals surface area contributed by atoms with Crippen molar-refractivity contribution >= 4 is 8.81 Å². The first-order chi connectivity index (χ1) is 10.4. The van der Waals surface area contributed by atoms with Crippen molar-refractivity contribution in [1.29, 1.82) is 0 Å². The zero-order valence-corrected chi connectivity index (χ0v) is 15.9. The van der Waals surface area contributed by atoms with Gasteiger partial charge in [0.05, 0.1) is 6.61 Å². The van der Waals surface area contributed by atoms with Crippen LogP contribution in [0.2, 0.25) is 0 Å². The minimum atomic E-state index is 0.669. The second-order valence-electron chi connectivity index (χ2n) is 6.36. The van der Waals surface area contributed by atoms with E-state index in [-0.39, 0.29) is 0 Å². The lowest BCUT2D eigenvalue weighted by molar-refractivity contribution is 0.346. The van der Waals surface area contributed by atoms with E-state index in [2.05, 4.69) is 13.6 Å². The molecule has 0 bridgehead atoms. The summed E-state index contributed by atoms with van der Waals surface area (Å²) in [6.07, 6.45) is 23.0. The molecule has 1 unspecified atom stereocenters. The Morgan fingerprint density at radius 3 is 1.19 bits per heavy atom. The van der Waals surface area contributed by atoms with Crippen LogP contribution in [0.1, 0.15) is 110 Å². The molecule has 0 saturated heterocycles. The summed E-state index contributed by atoms with van der Waals surface area (Å²) in [4.78, 5) is 0. The van der Waals surface area contributed by atoms with E-state index in [4.69, 9.17) is 4.52 Å². The van der Waals surface area contributed by atoms with E-state index in [1.54, 1.807) is 0 Å². The van der Waals surface area contributed by atoms with E-state index in [9.17, 15) is 0 Å². The molecule has 2 heteroatoms. The molecule has 21 heavy (non-hydrogen) atoms. The van der Waals surface area contributed by atoms with Gasteiger partial charge in [-0.25, -0.2) is 0 Å². The standard InChI is InChI=1S/C19H41OP/c1-3-4-5-6-7-8-9-10-11-12-13-14-15-16-17-18-19-20-21-2/h21H,3-19H2,1-2H3. The van der Waals surface area contributed by atoms with Gasteiger partial charge in [0.1, 0.15) is 0 Å². The topological polar surface area (TPSA) is 9.23 Å². The van der Waals surface area contributed by atoms with Crippen molar-refractivity contribution in [1.82, 2.24) is 0 Å². The van der Waals surface area contributed by atoms with Crippen molar-refractivity contribution in [3.8, 4) is 0 Å². The van der Waals surface area contributed by atoms with Gasteiger partial charge >= 0.3 is 0 Å². The van der Waals surface area contributed by atoms with Gasteiger partial charge in [0.15, 0.2) is 0 Å². The Kier molecular flexibility index (Phi) is 20.8. The van der Waals surface area contributed by atoms with Gasteiger partial charge in [-0.2, -0.15) is 0 Å². The van der Waals surface area contributed by atoms with Gasteiger partial charge in [-0.05, 0) is 13.1 Å². The van der Waals surface area contributed by atoms with E-state index in [1.807, 2.05) is 0 Å². The number of unbranched alkanes of at least 4 members (excludes halogenated alkanes) is 15. The summed E-state index contributed by atoms with van der Waals surface area (Å²) < 4.78 is 5.38. The summed E-state index contributed by atoms with van der Waals surface area (Å²) >= 11 is 0. The van der Waals surface area contributed by atoms with Gasteiger partial charge in [0.25, 0.3) is 0 Å². The zero-order chi connectivity index (χ0) is 15.4. The van der Waals surface area contributed by atoms with Crippen LogP contribution >= 0.6 is 8.81 Å². The molecule has 128 valence electrons. The maximum Gasteiger partial charge on any atom is 0.0505 e. The van der Waals surface area contributed by atoms with Gasteiger partial charge < -0.3 is 4.52 Å². The van der Waals surface area contributed by atoms with E-state index in [1.165, 1.54) is 103 Å². The molecule has 0 spiro atoms. The van der Waals surface area contributed by atoms with Gasteiger partial charge in [0, 0.05) is 8.81 Å². The molecule has 0 saturated carbocycles. The van der Waals surface area contributed by atoms with Crippen molar-refractivity contribution in [3.63, 3.8) is 0 Å². The summed E-state index contributed by atoms with van der Waals surface area (Å²) in [5, 5.41) is 0. The minimum Gasteiger partial charge on any atom is -0.363 e. The van der Waals surface area contributed by atoms with Crippen molar-refractivity contribution in [2.45, 2.75) is 110 Å². The predicted octanol–water partition coefficient (Wildman–Crippen LogP) is 7.49. The van der Waals surface area contributed by atoms with Crippen LogP contribution < -0.4 is 0 Å². The largest absolute Gasteiger partial charge is 0.363 e. The highest BCUT2D eigenvalue weighted by molar-refractivity contribution is 7.31. The molecule has 0 fully saturated rings. The van der Waals surface area contributed by atoms with Gasteiger partial charge in [-0.15, -0.1) is 0 Å². The average Bonchev–Trinajstić information content (AvgIpc) is 2.50. The maximum atomic E-state index is 5.38. The first-order valence-electron chi connectivity index (χ1n) is 9.70. The van der Waals surface area contributed by atoms with Crippen LogP contribution in [0, 0.1) is 0 Å². The van der Waals surface area contributed by atoms with Gasteiger partial charge in [-0.1, -0.05) is 103 Å². The fourth-order valence-electron chi connectivity index (χ4n) is 2.82. The Morgan fingerprint density at radius 1 is 0.524 bits per heavy atom. The molecule has 0 N–H and O–H groups in total. The third-order valence-electron chi connectivity index (χ3n) is 4.24. The average molecular weight is 317 g/mol. The molecule has 0 aliphatic rings. The molecule has 0 aromatic rings. The Balaban J connectivity index is 2.90. The van der Waals surface area contributed by atoms with Crippen molar-refractivity contribution < 1.29 is 4.52 Å². The number of hydrogen-bond acceptors (Lipinski definition) is 1. The lowest BCUT2D eigenvalue weighted by Crippen LogP contribution is -1.86. The molecule has 0 aromatic heterocycles. The van der Waals surface area contributed by atoms with Crippen LogP contribution in [0.3, 0.4) is 0 Å². The maximum absolute atomic E-state index is 5.38. The Bertz CT molecular complexity index is 155. The smallest absolute Gasteiger partial charge is 0.0505 e. The minimum absolute atomic E-state index is 0.669. The molecule has 1 atom stereocenters. The fourth-order valence-corrected chi connectivity index (χ4v) is 3.17.